The van der Waals surface area contributed by atoms with Crippen molar-refractivity contribution in [3.63, 3.8) is 0 Å². The number of nitrogens with zero attached hydrogens (tertiary/aromatic N) is 4. The van der Waals surface area contributed by atoms with E-state index in [1.807, 2.05) is 67.1 Å². The van der Waals surface area contributed by atoms with Gasteiger partial charge in [0.15, 0.2) is 0 Å². The Morgan fingerprint density at radius 1 is 1.03 bits per heavy atom. The van der Waals surface area contributed by atoms with E-state index in [4.69, 9.17) is 9.15 Å². The van der Waals surface area contributed by atoms with Crippen molar-refractivity contribution in [2.24, 2.45) is 0 Å². The summed E-state index contributed by atoms with van der Waals surface area (Å²) in [4.78, 5) is 0. The quantitative estimate of drug-likeness (QED) is 0.388. The van der Waals surface area contributed by atoms with Gasteiger partial charge in [-0.2, -0.15) is 5.10 Å². The minimum absolute atomic E-state index is 0.487. The summed E-state index contributed by atoms with van der Waals surface area (Å²) in [6.45, 7) is 5.23. The van der Waals surface area contributed by atoms with Gasteiger partial charge >= 0.3 is 0 Å². The standard InChI is InChI=1S/C22H21BrN4O2/c1-15-13-16(2)27(26-15)12-11-21-24-25-22(29-21)18-9-7-17(8-10-18)14-28-20-6-4-3-5-19(20)23/h3-10,13H,11-12,14H2,1-2H3. The summed E-state index contributed by atoms with van der Waals surface area (Å²) < 4.78 is 14.6. The molecular formula is C22H21BrN4O2. The van der Waals surface area contributed by atoms with Crippen LogP contribution in [-0.2, 0) is 19.6 Å². The Balaban J connectivity index is 1.36. The fourth-order valence-corrected chi connectivity index (χ4v) is 3.44. The van der Waals surface area contributed by atoms with Crippen molar-refractivity contribution in [2.45, 2.75) is 33.4 Å². The second-order valence-corrected chi connectivity index (χ2v) is 7.67. The van der Waals surface area contributed by atoms with Gasteiger partial charge in [-0.05, 0) is 65.7 Å². The maximum Gasteiger partial charge on any atom is 0.247 e. The van der Waals surface area contributed by atoms with Gasteiger partial charge in [0.05, 0.1) is 10.2 Å². The zero-order valence-corrected chi connectivity index (χ0v) is 17.9. The monoisotopic (exact) mass is 452 g/mol. The van der Waals surface area contributed by atoms with E-state index in [2.05, 4.69) is 37.3 Å². The zero-order chi connectivity index (χ0) is 20.2. The average molecular weight is 453 g/mol. The van der Waals surface area contributed by atoms with Crippen LogP contribution in [0.1, 0.15) is 22.8 Å². The van der Waals surface area contributed by atoms with E-state index < -0.39 is 0 Å². The Labute approximate surface area is 177 Å². The molecular weight excluding hydrogens is 432 g/mol. The second kappa shape index (κ2) is 8.61. The number of aromatic nitrogens is 4. The van der Waals surface area contributed by atoms with E-state index in [0.29, 0.717) is 31.4 Å². The van der Waals surface area contributed by atoms with Crippen LogP contribution in [0.2, 0.25) is 0 Å². The molecule has 148 valence electrons. The van der Waals surface area contributed by atoms with E-state index in [9.17, 15) is 0 Å². The van der Waals surface area contributed by atoms with Crippen molar-refractivity contribution in [1.29, 1.82) is 0 Å². The summed E-state index contributed by atoms with van der Waals surface area (Å²) in [5, 5.41) is 12.8. The fraction of sp³-hybridized carbons (Fsp3) is 0.227. The fourth-order valence-electron chi connectivity index (χ4n) is 3.04. The summed E-state index contributed by atoms with van der Waals surface area (Å²) in [6, 6.07) is 17.8. The van der Waals surface area contributed by atoms with Crippen molar-refractivity contribution in [1.82, 2.24) is 20.0 Å². The molecule has 0 aliphatic rings. The van der Waals surface area contributed by atoms with Crippen molar-refractivity contribution >= 4 is 15.9 Å². The maximum absolute atomic E-state index is 5.85. The lowest BCUT2D eigenvalue weighted by Crippen LogP contribution is -2.05. The van der Waals surface area contributed by atoms with E-state index >= 15 is 0 Å². The Kier molecular flexibility index (Phi) is 5.76. The zero-order valence-electron chi connectivity index (χ0n) is 16.3. The molecule has 2 aromatic heterocycles. The van der Waals surface area contributed by atoms with Crippen LogP contribution in [0.25, 0.3) is 11.5 Å². The van der Waals surface area contributed by atoms with Gasteiger partial charge < -0.3 is 9.15 Å². The summed E-state index contributed by atoms with van der Waals surface area (Å²) >= 11 is 3.49. The molecule has 7 heteroatoms. The van der Waals surface area contributed by atoms with Crippen LogP contribution in [0.4, 0.5) is 0 Å². The van der Waals surface area contributed by atoms with Gasteiger partial charge in [-0.25, -0.2) is 0 Å². The molecule has 0 saturated carbocycles. The lowest BCUT2D eigenvalue weighted by atomic mass is 10.1. The molecule has 0 spiro atoms. The van der Waals surface area contributed by atoms with E-state index in [-0.39, 0.29) is 0 Å². The van der Waals surface area contributed by atoms with Crippen LogP contribution in [-0.4, -0.2) is 20.0 Å². The molecule has 0 unspecified atom stereocenters. The molecule has 0 fully saturated rings. The van der Waals surface area contributed by atoms with Crippen molar-refractivity contribution in [3.05, 3.63) is 81.9 Å². The summed E-state index contributed by atoms with van der Waals surface area (Å²) in [5.41, 5.74) is 4.09. The molecule has 0 bridgehead atoms. The van der Waals surface area contributed by atoms with Crippen LogP contribution < -0.4 is 4.74 Å². The van der Waals surface area contributed by atoms with Gasteiger partial charge in [0.2, 0.25) is 11.8 Å². The molecule has 0 radical (unpaired) electrons. The molecule has 2 heterocycles. The lowest BCUT2D eigenvalue weighted by molar-refractivity contribution is 0.304. The molecule has 0 aliphatic carbocycles. The Morgan fingerprint density at radius 2 is 1.83 bits per heavy atom. The highest BCUT2D eigenvalue weighted by atomic mass is 79.9. The van der Waals surface area contributed by atoms with Crippen LogP contribution in [0.3, 0.4) is 0 Å². The van der Waals surface area contributed by atoms with Crippen LogP contribution >= 0.6 is 15.9 Å². The summed E-state index contributed by atoms with van der Waals surface area (Å²) in [5.74, 6) is 1.95. The number of halogens is 1. The lowest BCUT2D eigenvalue weighted by Gasteiger charge is -2.08. The van der Waals surface area contributed by atoms with E-state index in [1.165, 1.54) is 0 Å². The number of aryl methyl sites for hydroxylation is 4. The topological polar surface area (TPSA) is 66.0 Å². The Hall–Kier alpha value is -2.93. The third-order valence-electron chi connectivity index (χ3n) is 4.54. The molecule has 0 N–H and O–H groups in total. The predicted octanol–water partition coefficient (Wildman–Crippen LogP) is 5.13. The molecule has 6 nitrogen and oxygen atoms in total. The maximum atomic E-state index is 5.85. The number of hydrogen-bond donors (Lipinski definition) is 0. The van der Waals surface area contributed by atoms with Crippen molar-refractivity contribution in [3.8, 4) is 17.2 Å². The smallest absolute Gasteiger partial charge is 0.247 e. The van der Waals surface area contributed by atoms with Gasteiger partial charge in [-0.15, -0.1) is 10.2 Å². The van der Waals surface area contributed by atoms with Crippen molar-refractivity contribution in [2.75, 3.05) is 0 Å². The Bertz CT molecular complexity index is 1100. The normalized spacial score (nSPS) is 11.0. The molecule has 2 aromatic carbocycles. The predicted molar refractivity (Wildman–Crippen MR) is 114 cm³/mol. The molecule has 29 heavy (non-hydrogen) atoms. The first-order chi connectivity index (χ1) is 14.1. The number of para-hydroxylation sites is 1. The SMILES string of the molecule is Cc1cc(C)n(CCc2nnc(-c3ccc(COc4ccccc4Br)cc3)o2)n1. The molecule has 4 rings (SSSR count). The third-order valence-corrected chi connectivity index (χ3v) is 5.19. The molecule has 4 aromatic rings. The average Bonchev–Trinajstić information content (AvgIpc) is 3.32. The highest BCUT2D eigenvalue weighted by Crippen LogP contribution is 2.25. The first-order valence-corrected chi connectivity index (χ1v) is 10.2. The highest BCUT2D eigenvalue weighted by molar-refractivity contribution is 9.10. The van der Waals surface area contributed by atoms with E-state index in [1.54, 1.807) is 0 Å². The van der Waals surface area contributed by atoms with Gasteiger partial charge in [-0.3, -0.25) is 4.68 Å². The van der Waals surface area contributed by atoms with E-state index in [0.717, 1.165) is 32.7 Å². The van der Waals surface area contributed by atoms with Gasteiger partial charge in [-0.1, -0.05) is 24.3 Å². The first kappa shape index (κ1) is 19.4. The second-order valence-electron chi connectivity index (χ2n) is 6.82. The van der Waals surface area contributed by atoms with Gasteiger partial charge in [0, 0.05) is 24.2 Å². The number of hydrogen-bond acceptors (Lipinski definition) is 5. The largest absolute Gasteiger partial charge is 0.488 e. The van der Waals surface area contributed by atoms with Crippen LogP contribution in [0.5, 0.6) is 5.75 Å². The highest BCUT2D eigenvalue weighted by Gasteiger charge is 2.10. The minimum Gasteiger partial charge on any atom is -0.488 e. The van der Waals surface area contributed by atoms with Gasteiger partial charge in [0.25, 0.3) is 0 Å². The van der Waals surface area contributed by atoms with Gasteiger partial charge in [0.1, 0.15) is 12.4 Å². The molecule has 0 amide bonds. The molecule has 0 saturated heterocycles. The molecule has 0 aliphatic heterocycles. The minimum atomic E-state index is 0.487. The first-order valence-electron chi connectivity index (χ1n) is 9.38. The number of rotatable bonds is 7. The third kappa shape index (κ3) is 4.74. The number of ether oxygens (including phenoxy) is 1. The van der Waals surface area contributed by atoms with Crippen LogP contribution in [0.15, 0.2) is 63.5 Å². The molecule has 0 atom stereocenters. The summed E-state index contributed by atoms with van der Waals surface area (Å²) in [7, 11) is 0. The van der Waals surface area contributed by atoms with Crippen molar-refractivity contribution < 1.29 is 9.15 Å². The Morgan fingerprint density at radius 3 is 2.55 bits per heavy atom. The summed E-state index contributed by atoms with van der Waals surface area (Å²) in [6.07, 6.45) is 0.646. The number of benzene rings is 2. The van der Waals surface area contributed by atoms with Crippen LogP contribution in [0, 0.1) is 13.8 Å².